The van der Waals surface area contributed by atoms with Crippen LogP contribution in [0, 0.1) is 56.7 Å². The first-order chi connectivity index (χ1) is 23.2. The van der Waals surface area contributed by atoms with E-state index in [4.69, 9.17) is 4.74 Å². The number of carbonyl (C=O) groups is 1. The van der Waals surface area contributed by atoms with Crippen LogP contribution < -0.4 is 5.32 Å². The van der Waals surface area contributed by atoms with Crippen molar-refractivity contribution in [3.8, 4) is 0 Å². The van der Waals surface area contributed by atoms with Crippen LogP contribution in [0.3, 0.4) is 0 Å². The normalized spacial score (nSPS) is 42.3. The second-order valence-electron chi connectivity index (χ2n) is 20.3. The lowest BCUT2D eigenvalue weighted by Crippen LogP contribution is -2.68. The monoisotopic (exact) mass is 713 g/mol. The van der Waals surface area contributed by atoms with Crippen LogP contribution >= 0.6 is 0 Å². The first-order valence-electron chi connectivity index (χ1n) is 20.3. The Balaban J connectivity index is 1.21. The fourth-order valence-electron chi connectivity index (χ4n) is 14.0. The van der Waals surface area contributed by atoms with E-state index < -0.39 is 9.84 Å². The molecule has 1 aliphatic heterocycles. The van der Waals surface area contributed by atoms with Gasteiger partial charge in [-0.25, -0.2) is 8.42 Å². The van der Waals surface area contributed by atoms with Gasteiger partial charge in [-0.15, -0.1) is 0 Å². The average molecular weight is 713 g/mol. The third-order valence-corrected chi connectivity index (χ3v) is 18.7. The molecule has 0 unspecified atom stereocenters. The fraction of sp³-hybridized carbons (Fsp3) is 0.884. The number of nitrogens with zero attached hydrogens (tertiary/aromatic N) is 1. The summed E-state index contributed by atoms with van der Waals surface area (Å²) < 4.78 is 29.1. The molecule has 9 atom stereocenters. The van der Waals surface area contributed by atoms with Crippen molar-refractivity contribution in [2.75, 3.05) is 44.8 Å². The highest BCUT2D eigenvalue weighted by Crippen LogP contribution is 2.76. The summed E-state index contributed by atoms with van der Waals surface area (Å²) in [5, 5.41) is 4.22. The predicted octanol–water partition coefficient (Wildman–Crippen LogP) is 8.62. The van der Waals surface area contributed by atoms with Gasteiger partial charge in [-0.3, -0.25) is 4.79 Å². The molecule has 7 heteroatoms. The molecule has 4 saturated carbocycles. The lowest BCUT2D eigenvalue weighted by Gasteiger charge is -2.72. The molecule has 0 aromatic carbocycles. The van der Waals surface area contributed by atoms with Crippen LogP contribution in [-0.2, 0) is 19.4 Å². The number of ether oxygens (including phenoxy) is 1. The Bertz CT molecular complexity index is 1450. The number of hydrogen-bond donors (Lipinski definition) is 1. The number of fused-ring (bicyclic) bond motifs is 7. The van der Waals surface area contributed by atoms with Crippen molar-refractivity contribution in [2.45, 2.75) is 138 Å². The lowest BCUT2D eigenvalue weighted by molar-refractivity contribution is -0.221. The molecule has 0 spiro atoms. The van der Waals surface area contributed by atoms with Crippen molar-refractivity contribution >= 4 is 15.8 Å². The van der Waals surface area contributed by atoms with Crippen molar-refractivity contribution in [1.29, 1.82) is 0 Å². The molecule has 0 aromatic rings. The Hall–Kier alpha value is -1.18. The summed E-state index contributed by atoms with van der Waals surface area (Å²) in [5.74, 6) is 3.84. The Labute approximate surface area is 306 Å². The highest BCUT2D eigenvalue weighted by Gasteiger charge is 2.70. The summed E-state index contributed by atoms with van der Waals surface area (Å²) in [4.78, 5) is 14.5. The number of carbonyl (C=O) groups excluding carboxylic acids is 1. The van der Waals surface area contributed by atoms with Crippen molar-refractivity contribution in [2.24, 2.45) is 56.7 Å². The number of nitrogens with one attached hydrogen (secondary N) is 1. The van der Waals surface area contributed by atoms with Gasteiger partial charge in [0.2, 0.25) is 0 Å². The summed E-state index contributed by atoms with van der Waals surface area (Å²) in [6.45, 7) is 27.8. The Morgan fingerprint density at radius 3 is 2.34 bits per heavy atom. The summed E-state index contributed by atoms with van der Waals surface area (Å²) in [5.41, 5.74) is 4.20. The zero-order chi connectivity index (χ0) is 36.5. The minimum absolute atomic E-state index is 0.0629. The van der Waals surface area contributed by atoms with Crippen molar-refractivity contribution in [3.05, 3.63) is 23.8 Å². The van der Waals surface area contributed by atoms with Crippen LogP contribution in [0.5, 0.6) is 0 Å². The van der Waals surface area contributed by atoms with Crippen LogP contribution in [-0.4, -0.2) is 69.6 Å². The molecular formula is C43H72N2O4S. The van der Waals surface area contributed by atoms with Gasteiger partial charge in [0.1, 0.15) is 0 Å². The fourth-order valence-corrected chi connectivity index (χ4v) is 15.3. The van der Waals surface area contributed by atoms with E-state index in [0.29, 0.717) is 70.9 Å². The van der Waals surface area contributed by atoms with E-state index in [0.717, 1.165) is 31.8 Å². The summed E-state index contributed by atoms with van der Waals surface area (Å²) in [6.07, 6.45) is 16.8. The Morgan fingerprint density at radius 2 is 1.68 bits per heavy atom. The lowest BCUT2D eigenvalue weighted by atomic mass is 9.33. The van der Waals surface area contributed by atoms with E-state index in [9.17, 15) is 13.2 Å². The average Bonchev–Trinajstić information content (AvgIpc) is 3.41. The number of methoxy groups -OCH3 is 1. The van der Waals surface area contributed by atoms with Crippen molar-refractivity contribution in [3.63, 3.8) is 0 Å². The third kappa shape index (κ3) is 6.41. The molecular weight excluding hydrogens is 641 g/mol. The molecule has 0 radical (unpaired) electrons. The number of sulfone groups is 1. The molecule has 6 nitrogen and oxygen atoms in total. The molecule has 0 amide bonds. The molecule has 284 valence electrons. The standard InChI is InChI=1S/C43H72N2O4S/c1-30(2)32-15-20-43(44-23-24-45-25-27-50(47,48)28-26-45)22-21-41(8)33(37(32)43)11-12-35-40(7)18-14-31(13-17-38(3,4)29-36(46)49-10)39(5,6)34(40)16-19-42(35,41)9/h14,32-35,37,44H,1,11-13,15-29H2,2-10H3/t32-,33+,34-,35+,37+,40-,41+,42+,43-/m0/s1. The molecule has 0 bridgehead atoms. The number of esters is 1. The van der Waals surface area contributed by atoms with Gasteiger partial charge in [-0.2, -0.15) is 0 Å². The molecule has 0 aromatic heterocycles. The Kier molecular flexibility index (Phi) is 10.2. The van der Waals surface area contributed by atoms with E-state index in [1.165, 1.54) is 70.5 Å². The summed E-state index contributed by atoms with van der Waals surface area (Å²) >= 11 is 0. The minimum Gasteiger partial charge on any atom is -0.469 e. The molecule has 50 heavy (non-hydrogen) atoms. The molecule has 6 aliphatic rings. The number of hydrogen-bond acceptors (Lipinski definition) is 6. The highest BCUT2D eigenvalue weighted by molar-refractivity contribution is 7.91. The van der Waals surface area contributed by atoms with Crippen molar-refractivity contribution in [1.82, 2.24) is 10.2 Å². The van der Waals surface area contributed by atoms with Gasteiger partial charge >= 0.3 is 5.97 Å². The van der Waals surface area contributed by atoms with E-state index >= 15 is 0 Å². The van der Waals surface area contributed by atoms with Gasteiger partial charge in [0.05, 0.1) is 25.0 Å². The maximum atomic E-state index is 12.1. The Morgan fingerprint density at radius 1 is 0.980 bits per heavy atom. The smallest absolute Gasteiger partial charge is 0.306 e. The van der Waals surface area contributed by atoms with Gasteiger partial charge in [0.15, 0.2) is 9.84 Å². The third-order valence-electron chi connectivity index (χ3n) is 17.1. The maximum Gasteiger partial charge on any atom is 0.306 e. The molecule has 6 rings (SSSR count). The largest absolute Gasteiger partial charge is 0.469 e. The van der Waals surface area contributed by atoms with Gasteiger partial charge < -0.3 is 15.0 Å². The van der Waals surface area contributed by atoms with E-state index in [2.05, 4.69) is 78.3 Å². The second-order valence-corrected chi connectivity index (χ2v) is 22.6. The first-order valence-corrected chi connectivity index (χ1v) is 22.2. The molecule has 5 fully saturated rings. The molecule has 1 saturated heterocycles. The molecule has 1 heterocycles. The minimum atomic E-state index is -2.85. The zero-order valence-electron chi connectivity index (χ0n) is 33.4. The van der Waals surface area contributed by atoms with Crippen LogP contribution in [0.2, 0.25) is 0 Å². The molecule has 1 N–H and O–H groups in total. The summed E-state index contributed by atoms with van der Waals surface area (Å²) in [7, 11) is -1.35. The van der Waals surface area contributed by atoms with Crippen molar-refractivity contribution < 1.29 is 17.9 Å². The molecule has 5 aliphatic carbocycles. The quantitative estimate of drug-likeness (QED) is 0.181. The van der Waals surface area contributed by atoms with Gasteiger partial charge in [0.25, 0.3) is 0 Å². The number of allylic oxidation sites excluding steroid dienone is 3. The van der Waals surface area contributed by atoms with Gasteiger partial charge in [0, 0.05) is 31.7 Å². The van der Waals surface area contributed by atoms with E-state index in [-0.39, 0.29) is 22.3 Å². The second kappa shape index (κ2) is 13.3. The van der Waals surface area contributed by atoms with Crippen LogP contribution in [0.4, 0.5) is 0 Å². The predicted molar refractivity (Wildman–Crippen MR) is 205 cm³/mol. The van der Waals surface area contributed by atoms with Crippen LogP contribution in [0.25, 0.3) is 0 Å². The summed E-state index contributed by atoms with van der Waals surface area (Å²) in [6, 6.07) is 0. The van der Waals surface area contributed by atoms with Gasteiger partial charge in [-0.05, 0) is 134 Å². The maximum absolute atomic E-state index is 12.1. The highest BCUT2D eigenvalue weighted by atomic mass is 32.2. The number of rotatable bonds is 10. The SMILES string of the molecule is C=C(C)[C@@H]1CC[C@]2(NCCN3CCS(=O)(=O)CC3)CC[C@]3(C)[C@H](CC[C@@H]4[C@@]5(C)CC=C(CCC(C)(C)CC(=O)OC)C(C)(C)[C@@H]5CC[C@]43C)[C@@H]12. The van der Waals surface area contributed by atoms with Crippen LogP contribution in [0.15, 0.2) is 23.8 Å². The van der Waals surface area contributed by atoms with E-state index in [1.54, 1.807) is 5.57 Å². The zero-order valence-corrected chi connectivity index (χ0v) is 34.2. The topological polar surface area (TPSA) is 75.7 Å². The first kappa shape index (κ1) is 38.5. The van der Waals surface area contributed by atoms with E-state index in [1.807, 2.05) is 0 Å². The van der Waals surface area contributed by atoms with Gasteiger partial charge in [-0.1, -0.05) is 72.3 Å². The van der Waals surface area contributed by atoms with Crippen LogP contribution in [0.1, 0.15) is 132 Å².